The summed E-state index contributed by atoms with van der Waals surface area (Å²) in [6, 6.07) is 3.67. The van der Waals surface area contributed by atoms with Crippen molar-refractivity contribution < 1.29 is 4.79 Å². The molecule has 1 heterocycles. The molecule has 82 valence electrons. The fraction of sp³-hybridized carbons (Fsp3) is 0.333. The summed E-state index contributed by atoms with van der Waals surface area (Å²) in [5.74, 6) is 1.14. The molecule has 1 N–H and O–H groups in total. The van der Waals surface area contributed by atoms with Gasteiger partial charge in [-0.15, -0.1) is 11.3 Å². The highest BCUT2D eigenvalue weighted by atomic mass is 32.1. The molecule has 1 fully saturated rings. The Morgan fingerprint density at radius 2 is 2.50 bits per heavy atom. The molecule has 4 heteroatoms. The number of rotatable bonds is 2. The molecule has 0 spiro atoms. The van der Waals surface area contributed by atoms with Crippen molar-refractivity contribution >= 4 is 23.0 Å². The zero-order valence-corrected chi connectivity index (χ0v) is 9.54. The SMILES string of the molecule is O=C(N/N=C1\CC2C=CCC12)c1cccs1. The van der Waals surface area contributed by atoms with Gasteiger partial charge >= 0.3 is 0 Å². The van der Waals surface area contributed by atoms with Crippen LogP contribution in [-0.4, -0.2) is 11.6 Å². The van der Waals surface area contributed by atoms with Crippen LogP contribution in [0, 0.1) is 11.8 Å². The predicted molar refractivity (Wildman–Crippen MR) is 64.6 cm³/mol. The fourth-order valence-corrected chi connectivity index (χ4v) is 2.86. The van der Waals surface area contributed by atoms with E-state index in [-0.39, 0.29) is 5.91 Å². The lowest BCUT2D eigenvalue weighted by molar-refractivity contribution is 0.0958. The monoisotopic (exact) mass is 232 g/mol. The maximum Gasteiger partial charge on any atom is 0.281 e. The molecule has 0 aliphatic heterocycles. The van der Waals surface area contributed by atoms with Crippen LogP contribution in [0.1, 0.15) is 22.5 Å². The van der Waals surface area contributed by atoms with Gasteiger partial charge in [0.1, 0.15) is 0 Å². The smallest absolute Gasteiger partial charge is 0.266 e. The molecule has 2 aliphatic rings. The van der Waals surface area contributed by atoms with Crippen molar-refractivity contribution in [2.24, 2.45) is 16.9 Å². The number of carbonyl (C=O) groups is 1. The van der Waals surface area contributed by atoms with Gasteiger partial charge in [0.05, 0.1) is 4.88 Å². The van der Waals surface area contributed by atoms with Gasteiger partial charge in [0.2, 0.25) is 0 Å². The first-order valence-electron chi connectivity index (χ1n) is 5.41. The molecule has 0 radical (unpaired) electrons. The summed E-state index contributed by atoms with van der Waals surface area (Å²) in [4.78, 5) is 12.3. The normalized spacial score (nSPS) is 28.9. The van der Waals surface area contributed by atoms with Crippen molar-refractivity contribution in [3.8, 4) is 0 Å². The summed E-state index contributed by atoms with van der Waals surface area (Å²) in [5.41, 5.74) is 3.77. The number of thiophene rings is 1. The van der Waals surface area contributed by atoms with Gasteiger partial charge in [-0.1, -0.05) is 18.2 Å². The van der Waals surface area contributed by atoms with Gasteiger partial charge in [-0.2, -0.15) is 5.10 Å². The van der Waals surface area contributed by atoms with Gasteiger partial charge in [0, 0.05) is 11.6 Å². The van der Waals surface area contributed by atoms with Crippen LogP contribution < -0.4 is 5.43 Å². The molecular formula is C12H12N2OS. The fourth-order valence-electron chi connectivity index (χ4n) is 2.25. The van der Waals surface area contributed by atoms with Crippen molar-refractivity contribution in [3.05, 3.63) is 34.5 Å². The van der Waals surface area contributed by atoms with Gasteiger partial charge in [0.25, 0.3) is 5.91 Å². The number of carbonyl (C=O) groups excluding carboxylic acids is 1. The highest BCUT2D eigenvalue weighted by Gasteiger charge is 2.37. The Balaban J connectivity index is 1.61. The minimum absolute atomic E-state index is 0.100. The summed E-state index contributed by atoms with van der Waals surface area (Å²) in [7, 11) is 0. The molecule has 0 aromatic carbocycles. The molecule has 2 atom stereocenters. The Labute approximate surface area is 97.9 Å². The average Bonchev–Trinajstić information content (AvgIpc) is 2.88. The van der Waals surface area contributed by atoms with E-state index in [1.54, 1.807) is 6.07 Å². The highest BCUT2D eigenvalue weighted by molar-refractivity contribution is 7.12. The molecular weight excluding hydrogens is 220 g/mol. The first-order chi connectivity index (χ1) is 7.84. The van der Waals surface area contributed by atoms with E-state index in [0.29, 0.717) is 16.7 Å². The molecule has 3 nitrogen and oxygen atoms in total. The second kappa shape index (κ2) is 3.87. The quantitative estimate of drug-likeness (QED) is 0.617. The van der Waals surface area contributed by atoms with E-state index in [2.05, 4.69) is 22.7 Å². The molecule has 1 aromatic rings. The zero-order chi connectivity index (χ0) is 11.0. The largest absolute Gasteiger partial charge is 0.281 e. The molecule has 1 saturated carbocycles. The maximum atomic E-state index is 11.6. The Bertz CT molecular complexity index is 461. The molecule has 0 saturated heterocycles. The lowest BCUT2D eigenvalue weighted by atomic mass is 9.74. The lowest BCUT2D eigenvalue weighted by Crippen LogP contribution is -2.35. The Morgan fingerprint density at radius 3 is 3.25 bits per heavy atom. The van der Waals surface area contributed by atoms with E-state index in [0.717, 1.165) is 18.6 Å². The van der Waals surface area contributed by atoms with Crippen LogP contribution in [0.3, 0.4) is 0 Å². The molecule has 3 rings (SSSR count). The second-order valence-corrected chi connectivity index (χ2v) is 5.11. The third-order valence-electron chi connectivity index (χ3n) is 3.21. The average molecular weight is 232 g/mol. The molecule has 0 bridgehead atoms. The number of amides is 1. The summed E-state index contributed by atoms with van der Waals surface area (Å²) in [6.07, 6.45) is 6.55. The number of fused-ring (bicyclic) bond motifs is 1. The number of hydrogen-bond donors (Lipinski definition) is 1. The number of hydrazone groups is 1. The van der Waals surface area contributed by atoms with Crippen LogP contribution in [0.2, 0.25) is 0 Å². The third kappa shape index (κ3) is 1.59. The van der Waals surface area contributed by atoms with Crippen molar-refractivity contribution in [2.75, 3.05) is 0 Å². The molecule has 1 amide bonds. The second-order valence-electron chi connectivity index (χ2n) is 4.16. The van der Waals surface area contributed by atoms with Crippen molar-refractivity contribution in [1.29, 1.82) is 0 Å². The summed E-state index contributed by atoms with van der Waals surface area (Å²) >= 11 is 1.43. The Morgan fingerprint density at radius 1 is 1.56 bits per heavy atom. The van der Waals surface area contributed by atoms with Crippen molar-refractivity contribution in [2.45, 2.75) is 12.8 Å². The van der Waals surface area contributed by atoms with Gasteiger partial charge in [-0.3, -0.25) is 4.79 Å². The summed E-state index contributed by atoms with van der Waals surface area (Å²) in [6.45, 7) is 0. The molecule has 1 aromatic heterocycles. The van der Waals surface area contributed by atoms with Crippen LogP contribution in [0.25, 0.3) is 0 Å². The van der Waals surface area contributed by atoms with E-state index in [1.165, 1.54) is 11.3 Å². The predicted octanol–water partition coefficient (Wildman–Crippen LogP) is 2.43. The van der Waals surface area contributed by atoms with Crippen LogP contribution >= 0.6 is 11.3 Å². The van der Waals surface area contributed by atoms with Crippen LogP contribution in [0.4, 0.5) is 0 Å². The van der Waals surface area contributed by atoms with Crippen LogP contribution in [0.5, 0.6) is 0 Å². The van der Waals surface area contributed by atoms with Crippen molar-refractivity contribution in [3.63, 3.8) is 0 Å². The van der Waals surface area contributed by atoms with Crippen molar-refractivity contribution in [1.82, 2.24) is 5.43 Å². The number of nitrogens with zero attached hydrogens (tertiary/aromatic N) is 1. The topological polar surface area (TPSA) is 41.5 Å². The van der Waals surface area contributed by atoms with E-state index >= 15 is 0 Å². The Kier molecular flexibility index (Phi) is 2.36. The lowest BCUT2D eigenvalue weighted by Gasteiger charge is -2.31. The molecule has 2 aliphatic carbocycles. The number of hydrogen-bond acceptors (Lipinski definition) is 3. The van der Waals surface area contributed by atoms with E-state index < -0.39 is 0 Å². The molecule has 2 unspecified atom stereocenters. The van der Waals surface area contributed by atoms with Gasteiger partial charge < -0.3 is 0 Å². The number of allylic oxidation sites excluding steroid dienone is 2. The van der Waals surface area contributed by atoms with Gasteiger partial charge in [-0.25, -0.2) is 5.43 Å². The third-order valence-corrected chi connectivity index (χ3v) is 4.08. The number of nitrogens with one attached hydrogen (secondary N) is 1. The summed E-state index contributed by atoms with van der Waals surface area (Å²) < 4.78 is 0. The van der Waals surface area contributed by atoms with Crippen LogP contribution in [0.15, 0.2) is 34.8 Å². The summed E-state index contributed by atoms with van der Waals surface area (Å²) in [5, 5.41) is 6.10. The Hall–Kier alpha value is -1.42. The first kappa shape index (κ1) is 9.78. The highest BCUT2D eigenvalue weighted by Crippen LogP contribution is 2.40. The minimum atomic E-state index is -0.100. The van der Waals surface area contributed by atoms with E-state index in [1.807, 2.05) is 11.4 Å². The molecule has 16 heavy (non-hydrogen) atoms. The zero-order valence-electron chi connectivity index (χ0n) is 8.72. The van der Waals surface area contributed by atoms with E-state index in [9.17, 15) is 4.79 Å². The standard InChI is InChI=1S/C12H12N2OS/c15-12(11-5-2-6-16-11)14-13-10-7-8-3-1-4-9(8)10/h1-3,5-6,8-9H,4,7H2,(H,14,15)/b13-10+. The van der Waals surface area contributed by atoms with Gasteiger partial charge in [-0.05, 0) is 30.2 Å². The van der Waals surface area contributed by atoms with E-state index in [4.69, 9.17) is 0 Å². The minimum Gasteiger partial charge on any atom is -0.266 e. The van der Waals surface area contributed by atoms with Gasteiger partial charge in [0.15, 0.2) is 0 Å². The van der Waals surface area contributed by atoms with Crippen LogP contribution in [-0.2, 0) is 0 Å². The first-order valence-corrected chi connectivity index (χ1v) is 6.29. The maximum absolute atomic E-state index is 11.6.